The van der Waals surface area contributed by atoms with E-state index in [9.17, 15) is 18.0 Å². The Kier molecular flexibility index (Phi) is 7.73. The third kappa shape index (κ3) is 5.03. The average Bonchev–Trinajstić information content (AvgIpc) is 3.01. The van der Waals surface area contributed by atoms with Crippen molar-refractivity contribution in [1.29, 1.82) is 0 Å². The monoisotopic (exact) mass is 638 g/mol. The van der Waals surface area contributed by atoms with Crippen molar-refractivity contribution in [3.8, 4) is 11.5 Å². The summed E-state index contributed by atoms with van der Waals surface area (Å²) < 4.78 is 53.4. The summed E-state index contributed by atoms with van der Waals surface area (Å²) in [6.45, 7) is -0.493. The van der Waals surface area contributed by atoms with Crippen molar-refractivity contribution in [2.75, 3.05) is 37.5 Å². The summed E-state index contributed by atoms with van der Waals surface area (Å²) in [4.78, 5) is 23.1. The Hall–Kier alpha value is -4.54. The number of para-hydroxylation sites is 2. The summed E-state index contributed by atoms with van der Waals surface area (Å²) in [7, 11) is 2.88. The van der Waals surface area contributed by atoms with Crippen molar-refractivity contribution in [3.05, 3.63) is 82.8 Å². The van der Waals surface area contributed by atoms with Crippen LogP contribution in [0.5, 0.6) is 11.5 Å². The third-order valence-corrected chi connectivity index (χ3v) is 8.06. The number of aromatic nitrogens is 2. The van der Waals surface area contributed by atoms with E-state index in [1.54, 1.807) is 48.5 Å². The molecule has 6 aromatic rings. The molecular formula is C32H23Cl2F3N4O3. The molecule has 7 nitrogen and oxygen atoms in total. The average molecular weight is 639 g/mol. The minimum atomic E-state index is -5.19. The molecule has 1 N–H and O–H groups in total. The Morgan fingerprint density at radius 3 is 1.89 bits per heavy atom. The van der Waals surface area contributed by atoms with Crippen LogP contribution in [0.4, 0.5) is 24.5 Å². The van der Waals surface area contributed by atoms with Gasteiger partial charge in [0, 0.05) is 34.6 Å². The highest BCUT2D eigenvalue weighted by Crippen LogP contribution is 2.43. The van der Waals surface area contributed by atoms with Crippen LogP contribution in [0.3, 0.4) is 0 Å². The second-order valence-electron chi connectivity index (χ2n) is 9.81. The molecule has 0 unspecified atom stereocenters. The molecule has 12 heteroatoms. The SMILES string of the molecule is COc1ccc2nc3ccccc3c(NCCN(C(=O)C(F)(F)F)c3c4ccccc4nc4ccc(OC)c(Cl)c34)c2c1Cl. The van der Waals surface area contributed by atoms with Gasteiger partial charge in [-0.2, -0.15) is 13.2 Å². The highest BCUT2D eigenvalue weighted by atomic mass is 35.5. The van der Waals surface area contributed by atoms with Gasteiger partial charge < -0.3 is 19.7 Å². The number of benzene rings is 4. The zero-order valence-electron chi connectivity index (χ0n) is 23.3. The number of ether oxygens (including phenoxy) is 2. The van der Waals surface area contributed by atoms with E-state index in [2.05, 4.69) is 10.3 Å². The van der Waals surface area contributed by atoms with E-state index in [0.29, 0.717) is 59.6 Å². The first-order chi connectivity index (χ1) is 21.1. The first-order valence-corrected chi connectivity index (χ1v) is 14.1. The number of nitrogens with one attached hydrogen (secondary N) is 1. The van der Waals surface area contributed by atoms with Gasteiger partial charge in [-0.3, -0.25) is 4.79 Å². The molecule has 0 saturated carbocycles. The molecule has 44 heavy (non-hydrogen) atoms. The van der Waals surface area contributed by atoms with Crippen LogP contribution >= 0.6 is 23.2 Å². The number of carbonyl (C=O) groups is 1. The first-order valence-electron chi connectivity index (χ1n) is 13.4. The minimum absolute atomic E-state index is 0.0252. The molecule has 6 rings (SSSR count). The molecule has 0 aliphatic rings. The smallest absolute Gasteiger partial charge is 0.471 e. The summed E-state index contributed by atoms with van der Waals surface area (Å²) in [5.74, 6) is -1.42. The molecule has 2 aromatic heterocycles. The van der Waals surface area contributed by atoms with Crippen LogP contribution in [0.25, 0.3) is 43.6 Å². The van der Waals surface area contributed by atoms with Gasteiger partial charge in [-0.05, 0) is 36.4 Å². The Labute approximate surface area is 259 Å². The number of hydrogen-bond acceptors (Lipinski definition) is 6. The van der Waals surface area contributed by atoms with Crippen LogP contribution in [-0.2, 0) is 4.79 Å². The molecule has 1 amide bonds. The van der Waals surface area contributed by atoms with Crippen molar-refractivity contribution in [2.45, 2.75) is 6.18 Å². The maximum absolute atomic E-state index is 14.2. The van der Waals surface area contributed by atoms with Gasteiger partial charge in [0.15, 0.2) is 0 Å². The number of hydrogen-bond donors (Lipinski definition) is 1. The van der Waals surface area contributed by atoms with Gasteiger partial charge >= 0.3 is 12.1 Å². The number of rotatable bonds is 7. The number of halogens is 5. The normalized spacial score (nSPS) is 11.8. The number of pyridine rings is 2. The summed E-state index contributed by atoms with van der Waals surface area (Å²) in [6.07, 6.45) is -5.19. The molecule has 224 valence electrons. The fourth-order valence-electron chi connectivity index (χ4n) is 5.37. The van der Waals surface area contributed by atoms with Crippen LogP contribution in [0.15, 0.2) is 72.8 Å². The second kappa shape index (κ2) is 11.5. The maximum Gasteiger partial charge on any atom is 0.471 e. The van der Waals surface area contributed by atoms with Crippen LogP contribution < -0.4 is 19.7 Å². The fraction of sp³-hybridized carbons (Fsp3) is 0.156. The lowest BCUT2D eigenvalue weighted by Gasteiger charge is -2.27. The topological polar surface area (TPSA) is 76.6 Å². The zero-order chi connectivity index (χ0) is 31.2. The van der Waals surface area contributed by atoms with E-state index in [1.165, 1.54) is 14.2 Å². The number of anilines is 2. The summed E-state index contributed by atoms with van der Waals surface area (Å²) >= 11 is 13.4. The van der Waals surface area contributed by atoms with Crippen LogP contribution in [-0.4, -0.2) is 49.4 Å². The fourth-order valence-corrected chi connectivity index (χ4v) is 6.02. The molecule has 0 radical (unpaired) electrons. The molecule has 4 aromatic carbocycles. The summed E-state index contributed by atoms with van der Waals surface area (Å²) in [6, 6.07) is 20.5. The van der Waals surface area contributed by atoms with Crippen molar-refractivity contribution in [3.63, 3.8) is 0 Å². The third-order valence-electron chi connectivity index (χ3n) is 7.30. The van der Waals surface area contributed by atoms with Crippen molar-refractivity contribution < 1.29 is 27.4 Å². The van der Waals surface area contributed by atoms with Crippen LogP contribution in [0.1, 0.15) is 0 Å². The molecule has 2 heterocycles. The number of alkyl halides is 3. The number of carbonyl (C=O) groups excluding carboxylic acids is 1. The molecule has 0 saturated heterocycles. The minimum Gasteiger partial charge on any atom is -0.495 e. The van der Waals surface area contributed by atoms with Gasteiger partial charge in [0.1, 0.15) is 11.5 Å². The van der Waals surface area contributed by atoms with Gasteiger partial charge in [-0.15, -0.1) is 0 Å². The Balaban J connectivity index is 1.52. The zero-order valence-corrected chi connectivity index (χ0v) is 24.8. The molecule has 0 bridgehead atoms. The summed E-state index contributed by atoms with van der Waals surface area (Å²) in [5.41, 5.74) is 2.43. The molecule has 0 atom stereocenters. The first kappa shape index (κ1) is 29.5. The van der Waals surface area contributed by atoms with Crippen molar-refractivity contribution in [1.82, 2.24) is 9.97 Å². The van der Waals surface area contributed by atoms with Crippen LogP contribution in [0, 0.1) is 0 Å². The van der Waals surface area contributed by atoms with E-state index in [4.69, 9.17) is 37.7 Å². The Morgan fingerprint density at radius 2 is 1.30 bits per heavy atom. The highest BCUT2D eigenvalue weighted by molar-refractivity contribution is 6.39. The molecule has 0 aliphatic heterocycles. The van der Waals surface area contributed by atoms with Gasteiger partial charge in [0.25, 0.3) is 0 Å². The van der Waals surface area contributed by atoms with Gasteiger partial charge in [-0.25, -0.2) is 9.97 Å². The lowest BCUT2D eigenvalue weighted by atomic mass is 10.1. The predicted molar refractivity (Wildman–Crippen MR) is 169 cm³/mol. The van der Waals surface area contributed by atoms with E-state index in [0.717, 1.165) is 0 Å². The lowest BCUT2D eigenvalue weighted by Crippen LogP contribution is -2.43. The van der Waals surface area contributed by atoms with Crippen LogP contribution in [0.2, 0.25) is 10.0 Å². The maximum atomic E-state index is 14.2. The second-order valence-corrected chi connectivity index (χ2v) is 10.6. The molecular weight excluding hydrogens is 616 g/mol. The number of amides is 1. The van der Waals surface area contributed by atoms with Crippen molar-refractivity contribution >= 4 is 84.1 Å². The highest BCUT2D eigenvalue weighted by Gasteiger charge is 2.44. The lowest BCUT2D eigenvalue weighted by molar-refractivity contribution is -0.170. The van der Waals surface area contributed by atoms with E-state index in [-0.39, 0.29) is 28.4 Å². The van der Waals surface area contributed by atoms with Gasteiger partial charge in [0.2, 0.25) is 0 Å². The number of methoxy groups -OCH3 is 2. The van der Waals surface area contributed by atoms with E-state index in [1.807, 2.05) is 24.3 Å². The quantitative estimate of drug-likeness (QED) is 0.177. The molecule has 0 aliphatic carbocycles. The van der Waals surface area contributed by atoms with Gasteiger partial charge in [0.05, 0.1) is 57.7 Å². The Bertz CT molecular complexity index is 2090. The largest absolute Gasteiger partial charge is 0.495 e. The predicted octanol–water partition coefficient (Wildman–Crippen LogP) is 8.42. The van der Waals surface area contributed by atoms with E-state index < -0.39 is 18.6 Å². The number of fused-ring (bicyclic) bond motifs is 4. The van der Waals surface area contributed by atoms with E-state index >= 15 is 0 Å². The number of nitrogens with zero attached hydrogens (tertiary/aromatic N) is 3. The molecule has 0 fully saturated rings. The van der Waals surface area contributed by atoms with Crippen molar-refractivity contribution in [2.24, 2.45) is 0 Å². The van der Waals surface area contributed by atoms with Gasteiger partial charge in [-0.1, -0.05) is 59.6 Å². The Morgan fingerprint density at radius 1 is 0.773 bits per heavy atom. The standard InChI is InChI=1S/C32H23Cl2F3N4O3/c1-43-23-13-11-21-25(27(23)33)29(17-7-3-5-9-19(17)39-21)38-15-16-41(31(42)32(35,36)37)30-18-8-4-6-10-20(18)40-22-12-14-24(44-2)28(34)26(22)30/h3-14H,15-16H2,1-2H3,(H,38,39). The summed E-state index contributed by atoms with van der Waals surface area (Å²) in [5, 5.41) is 5.28. The molecule has 0 spiro atoms.